The number of non-ortho nitro benzene ring substituents is 1. The van der Waals surface area contributed by atoms with E-state index in [4.69, 9.17) is 0 Å². The maximum atomic E-state index is 11.2. The number of nitro groups is 2. The number of benzene rings is 2. The predicted octanol–water partition coefficient (Wildman–Crippen LogP) is 3.63. The van der Waals surface area contributed by atoms with Gasteiger partial charge in [0, 0.05) is 32.3 Å². The summed E-state index contributed by atoms with van der Waals surface area (Å²) in [6, 6.07) is 12.2. The highest BCUT2D eigenvalue weighted by molar-refractivity contribution is 5.90. The van der Waals surface area contributed by atoms with Gasteiger partial charge in [0.25, 0.3) is 11.4 Å². The Morgan fingerprint density at radius 2 is 1.72 bits per heavy atom. The van der Waals surface area contributed by atoms with Crippen molar-refractivity contribution in [1.82, 2.24) is 0 Å². The molecule has 2 aromatic carbocycles. The first-order chi connectivity index (χ1) is 11.8. The van der Waals surface area contributed by atoms with Crippen LogP contribution in [0.5, 0.6) is 0 Å². The van der Waals surface area contributed by atoms with Crippen LogP contribution in [0.3, 0.4) is 0 Å². The molecule has 126 valence electrons. The largest absolute Gasteiger partial charge is 0.372 e. The van der Waals surface area contributed by atoms with Gasteiger partial charge in [0.15, 0.2) is 0 Å². The van der Waals surface area contributed by atoms with Gasteiger partial charge in [-0.05, 0) is 35.4 Å². The van der Waals surface area contributed by atoms with Gasteiger partial charge < -0.3 is 4.90 Å². The fourth-order valence-corrected chi connectivity index (χ4v) is 2.26. The van der Waals surface area contributed by atoms with Gasteiger partial charge in [-0.1, -0.05) is 6.07 Å². The van der Waals surface area contributed by atoms with Crippen LogP contribution in [-0.4, -0.2) is 23.9 Å². The maximum Gasteiger partial charge on any atom is 0.293 e. The monoisotopic (exact) mass is 338 g/mol. The second-order valence-corrected chi connectivity index (χ2v) is 5.37. The lowest BCUT2D eigenvalue weighted by Gasteiger charge is -2.12. The van der Waals surface area contributed by atoms with Crippen molar-refractivity contribution in [3.63, 3.8) is 0 Å². The molecule has 0 aliphatic rings. The van der Waals surface area contributed by atoms with Crippen LogP contribution in [-0.2, 0) is 0 Å². The Hall–Kier alpha value is -3.73. The number of hydrogen-bond donors (Lipinski definition) is 0. The Morgan fingerprint density at radius 1 is 1.08 bits per heavy atom. The van der Waals surface area contributed by atoms with Gasteiger partial charge in [0.05, 0.1) is 21.5 Å². The molecule has 25 heavy (non-hydrogen) atoms. The van der Waals surface area contributed by atoms with E-state index in [9.17, 15) is 25.5 Å². The molecule has 0 aliphatic carbocycles. The molecule has 2 aromatic rings. The number of allylic oxidation sites excluding steroid dienone is 1. The molecule has 0 N–H and O–H groups in total. The summed E-state index contributed by atoms with van der Waals surface area (Å²) in [7, 11) is 3.41. The van der Waals surface area contributed by atoms with Gasteiger partial charge in [0.1, 0.15) is 5.69 Å². The van der Waals surface area contributed by atoms with Crippen molar-refractivity contribution >= 4 is 28.7 Å². The van der Waals surface area contributed by atoms with Crippen molar-refractivity contribution in [3.8, 4) is 6.07 Å². The van der Waals surface area contributed by atoms with Crippen LogP contribution in [0.25, 0.3) is 11.6 Å². The Morgan fingerprint density at radius 3 is 2.20 bits per heavy atom. The van der Waals surface area contributed by atoms with Crippen LogP contribution >= 0.6 is 0 Å². The van der Waals surface area contributed by atoms with Gasteiger partial charge in [-0.25, -0.2) is 0 Å². The Labute approximate surface area is 143 Å². The van der Waals surface area contributed by atoms with Crippen LogP contribution in [0, 0.1) is 31.6 Å². The van der Waals surface area contributed by atoms with E-state index in [1.54, 1.807) is 31.1 Å². The fourth-order valence-electron chi connectivity index (χ4n) is 2.26. The quantitative estimate of drug-likeness (QED) is 0.356. The number of rotatable bonds is 5. The Bertz CT molecular complexity index is 896. The third kappa shape index (κ3) is 3.97. The number of nitro benzene ring substituents is 2. The number of nitrogens with zero attached hydrogens (tertiary/aromatic N) is 4. The first kappa shape index (κ1) is 17.6. The predicted molar refractivity (Wildman–Crippen MR) is 94.0 cm³/mol. The summed E-state index contributed by atoms with van der Waals surface area (Å²) < 4.78 is 0. The summed E-state index contributed by atoms with van der Waals surface area (Å²) >= 11 is 0. The minimum absolute atomic E-state index is 0.0697. The van der Waals surface area contributed by atoms with E-state index >= 15 is 0 Å². The SMILES string of the molecule is CN(C)c1ccc(/C=C(\C#N)c2ccc([N+](=O)[O-])cc2)cc1[N+](=O)[O-]. The molecule has 0 fully saturated rings. The zero-order chi connectivity index (χ0) is 18.6. The molecule has 0 bridgehead atoms. The summed E-state index contributed by atoms with van der Waals surface area (Å²) in [4.78, 5) is 22.5. The fraction of sp³-hybridized carbons (Fsp3) is 0.118. The lowest BCUT2D eigenvalue weighted by molar-refractivity contribution is -0.384. The number of nitriles is 1. The van der Waals surface area contributed by atoms with E-state index in [1.165, 1.54) is 36.4 Å². The van der Waals surface area contributed by atoms with E-state index in [0.717, 1.165) is 0 Å². The molecule has 8 heteroatoms. The smallest absolute Gasteiger partial charge is 0.293 e. The highest BCUT2D eigenvalue weighted by Crippen LogP contribution is 2.29. The molecule has 0 heterocycles. The zero-order valence-corrected chi connectivity index (χ0v) is 13.5. The first-order valence-electron chi connectivity index (χ1n) is 7.16. The molecule has 0 aromatic heterocycles. The molecule has 0 saturated carbocycles. The van der Waals surface area contributed by atoms with Crippen LogP contribution in [0.4, 0.5) is 17.1 Å². The molecule has 0 unspecified atom stereocenters. The van der Waals surface area contributed by atoms with Crippen molar-refractivity contribution in [2.75, 3.05) is 19.0 Å². The van der Waals surface area contributed by atoms with Crippen molar-refractivity contribution in [2.45, 2.75) is 0 Å². The Balaban J connectivity index is 2.46. The zero-order valence-electron chi connectivity index (χ0n) is 13.5. The summed E-state index contributed by atoms with van der Waals surface area (Å²) in [5, 5.41) is 31.3. The van der Waals surface area contributed by atoms with Gasteiger partial charge in [-0.3, -0.25) is 20.2 Å². The van der Waals surface area contributed by atoms with Gasteiger partial charge in [0.2, 0.25) is 0 Å². The standard InChI is InChI=1S/C17H14N4O4/c1-19(2)16-8-3-12(10-17(16)21(24)25)9-14(11-18)13-4-6-15(7-5-13)20(22)23/h3-10H,1-2H3/b14-9+. The van der Waals surface area contributed by atoms with Gasteiger partial charge >= 0.3 is 0 Å². The normalized spacial score (nSPS) is 10.8. The summed E-state index contributed by atoms with van der Waals surface area (Å²) in [6.45, 7) is 0. The molecule has 0 radical (unpaired) electrons. The molecule has 0 amide bonds. The summed E-state index contributed by atoms with van der Waals surface area (Å²) in [5.41, 5.74) is 1.55. The number of hydrogen-bond acceptors (Lipinski definition) is 6. The first-order valence-corrected chi connectivity index (χ1v) is 7.16. The molecule has 0 spiro atoms. The van der Waals surface area contributed by atoms with Crippen LogP contribution < -0.4 is 4.90 Å². The lowest BCUT2D eigenvalue weighted by atomic mass is 10.0. The maximum absolute atomic E-state index is 11.2. The van der Waals surface area contributed by atoms with E-state index in [0.29, 0.717) is 16.8 Å². The van der Waals surface area contributed by atoms with Crippen LogP contribution in [0.15, 0.2) is 42.5 Å². The van der Waals surface area contributed by atoms with E-state index in [2.05, 4.69) is 0 Å². The van der Waals surface area contributed by atoms with Crippen molar-refractivity contribution < 1.29 is 9.85 Å². The minimum atomic E-state index is -0.525. The van der Waals surface area contributed by atoms with Crippen LogP contribution in [0.2, 0.25) is 0 Å². The van der Waals surface area contributed by atoms with Gasteiger partial charge in [-0.2, -0.15) is 5.26 Å². The third-order valence-corrected chi connectivity index (χ3v) is 3.50. The molecule has 2 rings (SSSR count). The second kappa shape index (κ2) is 7.23. The highest BCUT2D eigenvalue weighted by Gasteiger charge is 2.16. The van der Waals surface area contributed by atoms with E-state index < -0.39 is 9.85 Å². The average molecular weight is 338 g/mol. The highest BCUT2D eigenvalue weighted by atomic mass is 16.6. The Kier molecular flexibility index (Phi) is 5.09. The van der Waals surface area contributed by atoms with Gasteiger partial charge in [-0.15, -0.1) is 0 Å². The molecule has 0 aliphatic heterocycles. The lowest BCUT2D eigenvalue weighted by Crippen LogP contribution is -2.10. The molecule has 0 atom stereocenters. The summed E-state index contributed by atoms with van der Waals surface area (Å²) in [5.74, 6) is 0. The molecule has 0 saturated heterocycles. The van der Waals surface area contributed by atoms with Crippen molar-refractivity contribution in [2.24, 2.45) is 0 Å². The average Bonchev–Trinajstić information content (AvgIpc) is 2.59. The molecular formula is C17H14N4O4. The number of anilines is 1. The third-order valence-electron chi connectivity index (χ3n) is 3.50. The molecule has 8 nitrogen and oxygen atoms in total. The summed E-state index contributed by atoms with van der Waals surface area (Å²) in [6.07, 6.45) is 1.51. The minimum Gasteiger partial charge on any atom is -0.372 e. The van der Waals surface area contributed by atoms with E-state index in [-0.39, 0.29) is 16.9 Å². The van der Waals surface area contributed by atoms with Crippen molar-refractivity contribution in [3.05, 3.63) is 73.8 Å². The van der Waals surface area contributed by atoms with Crippen LogP contribution in [0.1, 0.15) is 11.1 Å². The van der Waals surface area contributed by atoms with E-state index in [1.807, 2.05) is 6.07 Å². The second-order valence-electron chi connectivity index (χ2n) is 5.37. The molecular weight excluding hydrogens is 324 g/mol. The van der Waals surface area contributed by atoms with Crippen molar-refractivity contribution in [1.29, 1.82) is 5.26 Å². The topological polar surface area (TPSA) is 113 Å².